The smallest absolute Gasteiger partial charge is 0.326 e. The molecule has 4 N–H and O–H groups in total. The number of anilines is 3. The number of nitrogens with one attached hydrogen (secondary N) is 3. The van der Waals surface area contributed by atoms with E-state index in [-0.39, 0.29) is 33.4 Å². The van der Waals surface area contributed by atoms with Crippen LogP contribution in [0.3, 0.4) is 0 Å². The summed E-state index contributed by atoms with van der Waals surface area (Å²) in [5, 5.41) is 18.3. The Morgan fingerprint density at radius 1 is 0.900 bits per heavy atom. The van der Waals surface area contributed by atoms with Crippen LogP contribution in [-0.4, -0.2) is 40.3 Å². The summed E-state index contributed by atoms with van der Waals surface area (Å²) < 4.78 is 0. The first-order chi connectivity index (χ1) is 19.2. The van der Waals surface area contributed by atoms with Gasteiger partial charge in [0.1, 0.15) is 17.4 Å². The van der Waals surface area contributed by atoms with Crippen molar-refractivity contribution in [3.05, 3.63) is 114 Å². The highest BCUT2D eigenvalue weighted by atomic mass is 35.5. The first-order valence-corrected chi connectivity index (χ1v) is 14.0. The highest BCUT2D eigenvalue weighted by molar-refractivity contribution is 7.98. The zero-order chi connectivity index (χ0) is 28.6. The molecule has 0 bridgehead atoms. The van der Waals surface area contributed by atoms with Gasteiger partial charge in [-0.1, -0.05) is 65.7 Å². The van der Waals surface area contributed by atoms with Crippen molar-refractivity contribution >= 4 is 63.9 Å². The maximum absolute atomic E-state index is 12.6. The molecule has 0 unspecified atom stereocenters. The molecule has 1 heterocycles. The number of carboxylic acids is 1. The second kappa shape index (κ2) is 13.5. The van der Waals surface area contributed by atoms with Crippen LogP contribution >= 0.6 is 35.0 Å². The summed E-state index contributed by atoms with van der Waals surface area (Å²) in [6, 6.07) is 15.3. The number of carbonyl (C=O) groups excluding carboxylic acids is 1. The van der Waals surface area contributed by atoms with Crippen LogP contribution in [0.4, 0.5) is 17.1 Å². The van der Waals surface area contributed by atoms with E-state index in [1.54, 1.807) is 36.0 Å². The third-order valence-electron chi connectivity index (χ3n) is 5.92. The number of hydrogen-bond donors (Lipinski definition) is 4. The van der Waals surface area contributed by atoms with Crippen molar-refractivity contribution in [2.45, 2.75) is 18.2 Å². The summed E-state index contributed by atoms with van der Waals surface area (Å²) >= 11 is 13.7. The lowest BCUT2D eigenvalue weighted by Gasteiger charge is -2.20. The van der Waals surface area contributed by atoms with E-state index >= 15 is 0 Å². The van der Waals surface area contributed by atoms with Gasteiger partial charge in [0, 0.05) is 42.6 Å². The minimum atomic E-state index is -1.18. The molecule has 0 aliphatic rings. The minimum absolute atomic E-state index is 0.0246. The average molecular weight is 599 g/mol. The van der Waals surface area contributed by atoms with Gasteiger partial charge in [-0.2, -0.15) is 11.8 Å². The second-order valence-corrected chi connectivity index (χ2v) is 10.7. The quantitative estimate of drug-likeness (QED) is 0.127. The van der Waals surface area contributed by atoms with Crippen molar-refractivity contribution < 1.29 is 14.7 Å². The van der Waals surface area contributed by atoms with Crippen LogP contribution in [0.25, 0.3) is 0 Å². The van der Waals surface area contributed by atoms with Crippen LogP contribution in [0.5, 0.6) is 0 Å². The number of hydrogen-bond acceptors (Lipinski definition) is 8. The number of rotatable bonds is 13. The van der Waals surface area contributed by atoms with Gasteiger partial charge in [-0.25, -0.2) is 4.79 Å². The molecule has 4 aromatic rings. The standard InChI is InChI=1S/C28H24Cl2N4O5S/c29-19-13-31-14-20(30)22(19)27(37)33-18-8-6-16(7-9-18)12-21(28(38)39)34-24-23(25(35)26(24)36)32-10-11-40-15-17-4-2-1-3-5-17/h1-9,13-14,21,32,34H,10-12,15H2,(H,33,37)(H,38,39)/t21-/m0/s1. The van der Waals surface area contributed by atoms with E-state index in [1.807, 2.05) is 30.3 Å². The number of pyridine rings is 1. The van der Waals surface area contributed by atoms with Crippen LogP contribution in [0, 0.1) is 0 Å². The Bertz CT molecular complexity index is 1550. The molecule has 3 aromatic carbocycles. The zero-order valence-corrected chi connectivity index (χ0v) is 23.3. The van der Waals surface area contributed by atoms with Gasteiger partial charge in [0.25, 0.3) is 16.8 Å². The van der Waals surface area contributed by atoms with Gasteiger partial charge in [-0.3, -0.25) is 19.4 Å². The fraction of sp³-hybridized carbons (Fsp3) is 0.179. The first-order valence-electron chi connectivity index (χ1n) is 12.1. The SMILES string of the molecule is O=C(Nc1ccc(C[C@H](Nc2c(NCCSCc3ccccc3)c(=O)c2=O)C(=O)O)cc1)c1c(Cl)cncc1Cl. The molecule has 0 aliphatic carbocycles. The highest BCUT2D eigenvalue weighted by Crippen LogP contribution is 2.24. The van der Waals surface area contributed by atoms with Gasteiger partial charge < -0.3 is 21.1 Å². The fourth-order valence-corrected chi connectivity index (χ4v) is 5.22. The molecule has 206 valence electrons. The van der Waals surface area contributed by atoms with Gasteiger partial charge >= 0.3 is 5.97 Å². The molecule has 40 heavy (non-hydrogen) atoms. The predicted octanol–water partition coefficient (Wildman–Crippen LogP) is 4.69. The molecule has 12 heteroatoms. The van der Waals surface area contributed by atoms with Crippen LogP contribution in [0.1, 0.15) is 21.5 Å². The van der Waals surface area contributed by atoms with E-state index in [0.717, 1.165) is 5.75 Å². The zero-order valence-electron chi connectivity index (χ0n) is 20.9. The maximum atomic E-state index is 12.6. The fourth-order valence-electron chi connectivity index (χ4n) is 3.87. The lowest BCUT2D eigenvalue weighted by molar-refractivity contribution is -0.137. The number of benzene rings is 2. The molecular weight excluding hydrogens is 575 g/mol. The largest absolute Gasteiger partial charge is 0.480 e. The minimum Gasteiger partial charge on any atom is -0.480 e. The molecule has 0 radical (unpaired) electrons. The molecule has 0 aliphatic heterocycles. The maximum Gasteiger partial charge on any atom is 0.326 e. The third-order valence-corrected chi connectivity index (χ3v) is 7.52. The van der Waals surface area contributed by atoms with Gasteiger partial charge in [-0.15, -0.1) is 0 Å². The van der Waals surface area contributed by atoms with Crippen molar-refractivity contribution in [1.82, 2.24) is 4.98 Å². The molecule has 1 amide bonds. The number of nitrogens with zero attached hydrogens (tertiary/aromatic N) is 1. The Morgan fingerprint density at radius 2 is 1.55 bits per heavy atom. The third kappa shape index (κ3) is 7.20. The summed E-state index contributed by atoms with van der Waals surface area (Å²) in [5.74, 6) is -0.197. The summed E-state index contributed by atoms with van der Waals surface area (Å²) in [7, 11) is 0. The monoisotopic (exact) mass is 598 g/mol. The van der Waals surface area contributed by atoms with Gasteiger partial charge in [0.15, 0.2) is 0 Å². The van der Waals surface area contributed by atoms with Gasteiger partial charge in [0.2, 0.25) is 0 Å². The van der Waals surface area contributed by atoms with Crippen LogP contribution in [-0.2, 0) is 17.0 Å². The van der Waals surface area contributed by atoms with Crippen molar-refractivity contribution in [1.29, 1.82) is 0 Å². The Morgan fingerprint density at radius 3 is 2.20 bits per heavy atom. The van der Waals surface area contributed by atoms with Crippen molar-refractivity contribution in [2.24, 2.45) is 0 Å². The number of halogens is 2. The van der Waals surface area contributed by atoms with E-state index in [2.05, 4.69) is 20.9 Å². The Kier molecular flexibility index (Phi) is 9.81. The second-order valence-electron chi connectivity index (χ2n) is 8.74. The van der Waals surface area contributed by atoms with E-state index in [4.69, 9.17) is 23.2 Å². The van der Waals surface area contributed by atoms with Crippen LogP contribution in [0.15, 0.2) is 76.6 Å². The van der Waals surface area contributed by atoms with Crippen molar-refractivity contribution in [3.63, 3.8) is 0 Å². The van der Waals surface area contributed by atoms with Crippen LogP contribution in [0.2, 0.25) is 10.0 Å². The highest BCUT2D eigenvalue weighted by Gasteiger charge is 2.26. The molecule has 1 atom stereocenters. The molecule has 9 nitrogen and oxygen atoms in total. The number of carboxylic acid groups (broad SMARTS) is 1. The Balaban J connectivity index is 1.33. The molecule has 1 aromatic heterocycles. The van der Waals surface area contributed by atoms with E-state index in [0.29, 0.717) is 23.5 Å². The van der Waals surface area contributed by atoms with Crippen molar-refractivity contribution in [2.75, 3.05) is 28.2 Å². The number of thioether (sulfide) groups is 1. The average Bonchev–Trinajstić information content (AvgIpc) is 2.94. The first kappa shape index (κ1) is 29.1. The molecule has 0 spiro atoms. The molecule has 0 saturated heterocycles. The summed E-state index contributed by atoms with van der Waals surface area (Å²) in [5.41, 5.74) is 0.992. The number of carbonyl (C=O) groups is 2. The number of amides is 1. The number of aliphatic carboxylic acids is 1. The van der Waals surface area contributed by atoms with E-state index in [1.165, 1.54) is 18.0 Å². The van der Waals surface area contributed by atoms with Crippen molar-refractivity contribution in [3.8, 4) is 0 Å². The number of aromatic nitrogens is 1. The van der Waals surface area contributed by atoms with Gasteiger partial charge in [0.05, 0.1) is 15.6 Å². The summed E-state index contributed by atoms with van der Waals surface area (Å²) in [6.07, 6.45) is 2.65. The lowest BCUT2D eigenvalue weighted by atomic mass is 10.0. The van der Waals surface area contributed by atoms with Gasteiger partial charge in [-0.05, 0) is 23.3 Å². The molecule has 0 fully saturated rings. The van der Waals surface area contributed by atoms with E-state index < -0.39 is 28.8 Å². The Labute approximate surface area is 243 Å². The van der Waals surface area contributed by atoms with Crippen LogP contribution < -0.4 is 26.8 Å². The normalized spacial score (nSPS) is 11.7. The van der Waals surface area contributed by atoms with E-state index in [9.17, 15) is 24.3 Å². The summed E-state index contributed by atoms with van der Waals surface area (Å²) in [4.78, 5) is 52.6. The topological polar surface area (TPSA) is 137 Å². The predicted molar refractivity (Wildman–Crippen MR) is 160 cm³/mol. The molecular formula is C28H24Cl2N4O5S. The Hall–Kier alpha value is -3.86. The summed E-state index contributed by atoms with van der Waals surface area (Å²) in [6.45, 7) is 0.442. The molecule has 0 saturated carbocycles. The molecule has 4 rings (SSSR count). The lowest BCUT2D eigenvalue weighted by Crippen LogP contribution is -2.42.